The average molecular weight is 396 g/mol. The monoisotopic (exact) mass is 396 g/mol. The molecular weight excluding hydrogens is 371 g/mol. The van der Waals surface area contributed by atoms with Crippen LogP contribution in [0.25, 0.3) is 0 Å². The lowest BCUT2D eigenvalue weighted by atomic mass is 9.75. The van der Waals surface area contributed by atoms with Crippen LogP contribution in [-0.4, -0.2) is 5.92 Å². The van der Waals surface area contributed by atoms with Gasteiger partial charge in [-0.2, -0.15) is 0 Å². The first-order chi connectivity index (χ1) is 13.3. The summed E-state index contributed by atoms with van der Waals surface area (Å²) in [6.07, 6.45) is 3.40. The molecule has 1 fully saturated rings. The molecule has 0 saturated heterocycles. The zero-order chi connectivity index (χ0) is 20.3. The van der Waals surface area contributed by atoms with Crippen molar-refractivity contribution in [1.29, 1.82) is 0 Å². The van der Waals surface area contributed by atoms with Crippen LogP contribution in [0.3, 0.4) is 0 Å². The number of benzene rings is 2. The van der Waals surface area contributed by atoms with Gasteiger partial charge in [0.2, 0.25) is 0 Å². The van der Waals surface area contributed by atoms with Crippen LogP contribution in [0.4, 0.5) is 22.0 Å². The van der Waals surface area contributed by atoms with Crippen molar-refractivity contribution in [3.63, 3.8) is 0 Å². The molecule has 0 amide bonds. The molecule has 0 nitrogen and oxygen atoms in total. The fourth-order valence-electron chi connectivity index (χ4n) is 4.22. The Labute approximate surface area is 162 Å². The molecule has 0 bridgehead atoms. The quantitative estimate of drug-likeness (QED) is 0.357. The Kier molecular flexibility index (Phi) is 6.41. The molecule has 1 saturated carbocycles. The van der Waals surface area contributed by atoms with Gasteiger partial charge in [-0.1, -0.05) is 37.6 Å². The largest absolute Gasteiger partial charge is 0.254 e. The maximum absolute atomic E-state index is 14.7. The molecule has 2 aromatic carbocycles. The van der Waals surface area contributed by atoms with Gasteiger partial charge in [0.15, 0.2) is 17.5 Å². The summed E-state index contributed by atoms with van der Waals surface area (Å²) in [5.41, 5.74) is 2.25. The minimum Gasteiger partial charge on any atom is -0.206 e. The van der Waals surface area contributed by atoms with Gasteiger partial charge >= 0.3 is 0 Å². The molecule has 0 aromatic heterocycles. The number of halogens is 5. The van der Waals surface area contributed by atoms with E-state index < -0.39 is 35.7 Å². The summed E-state index contributed by atoms with van der Waals surface area (Å²) in [6.45, 7) is 2.13. The molecule has 0 spiro atoms. The zero-order valence-corrected chi connectivity index (χ0v) is 16.0. The van der Waals surface area contributed by atoms with E-state index in [0.29, 0.717) is 37.8 Å². The van der Waals surface area contributed by atoms with Crippen molar-refractivity contribution in [3.8, 4) is 0 Å². The van der Waals surface area contributed by atoms with Gasteiger partial charge in [-0.15, -0.1) is 0 Å². The summed E-state index contributed by atoms with van der Waals surface area (Å²) < 4.78 is 69.0. The van der Waals surface area contributed by atoms with Gasteiger partial charge < -0.3 is 0 Å². The fraction of sp³-hybridized carbons (Fsp3) is 0.478. The molecule has 28 heavy (non-hydrogen) atoms. The van der Waals surface area contributed by atoms with Gasteiger partial charge in [0.05, 0.1) is 0 Å². The Balaban J connectivity index is 1.61. The Bertz CT molecular complexity index is 766. The molecule has 2 aromatic rings. The van der Waals surface area contributed by atoms with E-state index >= 15 is 0 Å². The number of hydrogen-bond acceptors (Lipinski definition) is 0. The number of alkyl halides is 2. The number of rotatable bonds is 6. The SMILES string of the molecule is CCCc1ccc(C2CCC(C(F)(F)Cc3cc(F)c(F)c(F)c3)CC2)cc1. The van der Waals surface area contributed by atoms with Crippen molar-refractivity contribution in [3.05, 3.63) is 70.5 Å². The first-order valence-corrected chi connectivity index (χ1v) is 9.90. The van der Waals surface area contributed by atoms with Gasteiger partial charge in [-0.25, -0.2) is 22.0 Å². The molecule has 1 aliphatic carbocycles. The molecule has 152 valence electrons. The van der Waals surface area contributed by atoms with Crippen LogP contribution in [0.15, 0.2) is 36.4 Å². The summed E-state index contributed by atoms with van der Waals surface area (Å²) in [5.74, 6) is -8.13. The summed E-state index contributed by atoms with van der Waals surface area (Å²) >= 11 is 0. The highest BCUT2D eigenvalue weighted by molar-refractivity contribution is 5.26. The van der Waals surface area contributed by atoms with Crippen LogP contribution in [0.2, 0.25) is 0 Å². The summed E-state index contributed by atoms with van der Waals surface area (Å²) in [5, 5.41) is 0. The third-order valence-electron chi connectivity index (χ3n) is 5.80. The molecule has 0 heterocycles. The molecule has 0 aliphatic heterocycles. The van der Waals surface area contributed by atoms with Crippen LogP contribution < -0.4 is 0 Å². The van der Waals surface area contributed by atoms with Crippen LogP contribution in [0, 0.1) is 23.4 Å². The Morgan fingerprint density at radius 3 is 1.96 bits per heavy atom. The highest BCUT2D eigenvalue weighted by Gasteiger charge is 2.41. The van der Waals surface area contributed by atoms with Gasteiger partial charge in [-0.05, 0) is 66.8 Å². The minimum absolute atomic E-state index is 0.213. The van der Waals surface area contributed by atoms with E-state index in [1.54, 1.807) is 0 Å². The number of aryl methyl sites for hydroxylation is 1. The lowest BCUT2D eigenvalue weighted by molar-refractivity contribution is -0.0715. The summed E-state index contributed by atoms with van der Waals surface area (Å²) in [4.78, 5) is 0. The van der Waals surface area contributed by atoms with Crippen LogP contribution in [0.5, 0.6) is 0 Å². The Morgan fingerprint density at radius 2 is 1.43 bits per heavy atom. The summed E-state index contributed by atoms with van der Waals surface area (Å²) in [7, 11) is 0. The van der Waals surface area contributed by atoms with E-state index in [4.69, 9.17) is 0 Å². The van der Waals surface area contributed by atoms with E-state index in [9.17, 15) is 22.0 Å². The highest BCUT2D eigenvalue weighted by Crippen LogP contribution is 2.43. The average Bonchev–Trinajstić information content (AvgIpc) is 2.67. The van der Waals surface area contributed by atoms with Crippen molar-refractivity contribution in [2.45, 2.75) is 63.7 Å². The molecule has 0 radical (unpaired) electrons. The third-order valence-corrected chi connectivity index (χ3v) is 5.80. The van der Waals surface area contributed by atoms with Crippen LogP contribution >= 0.6 is 0 Å². The first-order valence-electron chi connectivity index (χ1n) is 9.90. The molecule has 5 heteroatoms. The first kappa shape index (κ1) is 20.8. The number of hydrogen-bond donors (Lipinski definition) is 0. The second kappa shape index (κ2) is 8.62. The van der Waals surface area contributed by atoms with E-state index in [-0.39, 0.29) is 11.5 Å². The smallest absolute Gasteiger partial charge is 0.206 e. The Morgan fingerprint density at radius 1 is 0.857 bits per heavy atom. The maximum Gasteiger partial charge on any atom is 0.254 e. The molecule has 0 N–H and O–H groups in total. The van der Waals surface area contributed by atoms with Crippen molar-refractivity contribution in [2.24, 2.45) is 5.92 Å². The van der Waals surface area contributed by atoms with Crippen molar-refractivity contribution < 1.29 is 22.0 Å². The topological polar surface area (TPSA) is 0 Å². The molecule has 0 unspecified atom stereocenters. The van der Waals surface area contributed by atoms with Gasteiger partial charge in [0.1, 0.15) is 0 Å². The Hall–Kier alpha value is -1.91. The standard InChI is InChI=1S/C23H25F5/c1-2-3-15-4-6-17(7-5-15)18-8-10-19(11-9-18)23(27,28)14-16-12-20(24)22(26)21(25)13-16/h4-7,12-13,18-19H,2-3,8-11,14H2,1H3. The van der Waals surface area contributed by atoms with Crippen molar-refractivity contribution in [2.75, 3.05) is 0 Å². The predicted molar refractivity (Wildman–Crippen MR) is 100 cm³/mol. The van der Waals surface area contributed by atoms with Crippen molar-refractivity contribution >= 4 is 0 Å². The zero-order valence-electron chi connectivity index (χ0n) is 16.0. The van der Waals surface area contributed by atoms with E-state index in [2.05, 4.69) is 31.2 Å². The second-order valence-electron chi connectivity index (χ2n) is 7.85. The van der Waals surface area contributed by atoms with E-state index in [0.717, 1.165) is 12.8 Å². The molecule has 1 aliphatic rings. The third kappa shape index (κ3) is 4.73. The molecule has 3 rings (SSSR count). The lowest BCUT2D eigenvalue weighted by Gasteiger charge is -2.34. The van der Waals surface area contributed by atoms with E-state index in [1.165, 1.54) is 11.1 Å². The van der Waals surface area contributed by atoms with Crippen molar-refractivity contribution in [1.82, 2.24) is 0 Å². The summed E-state index contributed by atoms with van der Waals surface area (Å²) in [6, 6.07) is 9.73. The molecular formula is C23H25F5. The fourth-order valence-corrected chi connectivity index (χ4v) is 4.22. The van der Waals surface area contributed by atoms with Gasteiger partial charge in [0, 0.05) is 12.3 Å². The highest BCUT2D eigenvalue weighted by atomic mass is 19.3. The normalized spacial score (nSPS) is 20.4. The van der Waals surface area contributed by atoms with Crippen LogP contribution in [-0.2, 0) is 12.8 Å². The molecule has 0 atom stereocenters. The van der Waals surface area contributed by atoms with Crippen LogP contribution in [0.1, 0.15) is 61.6 Å². The lowest BCUT2D eigenvalue weighted by Crippen LogP contribution is -2.33. The minimum atomic E-state index is -3.08. The van der Waals surface area contributed by atoms with Gasteiger partial charge in [-0.3, -0.25) is 0 Å². The predicted octanol–water partition coefficient (Wildman–Crippen LogP) is 7.21. The van der Waals surface area contributed by atoms with Gasteiger partial charge in [0.25, 0.3) is 5.92 Å². The second-order valence-corrected chi connectivity index (χ2v) is 7.85. The maximum atomic E-state index is 14.7. The van der Waals surface area contributed by atoms with E-state index in [1.807, 2.05) is 0 Å².